The van der Waals surface area contributed by atoms with Crippen LogP contribution >= 0.6 is 0 Å². The van der Waals surface area contributed by atoms with Crippen molar-refractivity contribution >= 4 is 0 Å². The Morgan fingerprint density at radius 3 is 2.48 bits per heavy atom. The minimum atomic E-state index is -4.07. The number of nitrogens with two attached hydrogens (primary N) is 1. The van der Waals surface area contributed by atoms with Crippen molar-refractivity contribution < 1.29 is 13.2 Å². The average molecular weight is 309 g/mol. The van der Waals surface area contributed by atoms with E-state index in [0.717, 1.165) is 19.6 Å². The van der Waals surface area contributed by atoms with Crippen LogP contribution in [0.5, 0.6) is 0 Å². The van der Waals surface area contributed by atoms with E-state index in [2.05, 4.69) is 16.7 Å². The quantitative estimate of drug-likeness (QED) is 0.748. The number of halogens is 3. The van der Waals surface area contributed by atoms with Crippen LogP contribution in [0.3, 0.4) is 0 Å². The van der Waals surface area contributed by atoms with E-state index in [1.165, 1.54) is 12.8 Å². The minimum absolute atomic E-state index is 0.143. The van der Waals surface area contributed by atoms with Crippen molar-refractivity contribution in [1.29, 1.82) is 0 Å². The van der Waals surface area contributed by atoms with Gasteiger partial charge >= 0.3 is 6.18 Å². The Morgan fingerprint density at radius 1 is 1.29 bits per heavy atom. The molecule has 21 heavy (non-hydrogen) atoms. The third-order valence-electron chi connectivity index (χ3n) is 4.93. The fraction of sp³-hybridized carbons (Fsp3) is 1.00. The molecule has 0 aromatic rings. The summed E-state index contributed by atoms with van der Waals surface area (Å²) in [5, 5.41) is 0. The van der Waals surface area contributed by atoms with Crippen molar-refractivity contribution in [3.05, 3.63) is 0 Å². The molecular formula is C15H30F3N3. The SMILES string of the molecule is CCN1CCCC1CN(C)C(C)(CN)CCCC(F)(F)F. The summed E-state index contributed by atoms with van der Waals surface area (Å²) in [5.74, 6) is 0. The molecule has 1 aliphatic heterocycles. The number of rotatable bonds is 8. The number of hydrogen-bond donors (Lipinski definition) is 1. The largest absolute Gasteiger partial charge is 0.389 e. The molecule has 0 amide bonds. The van der Waals surface area contributed by atoms with Gasteiger partial charge in [0.15, 0.2) is 0 Å². The van der Waals surface area contributed by atoms with E-state index in [4.69, 9.17) is 5.73 Å². The van der Waals surface area contributed by atoms with E-state index in [1.807, 2.05) is 14.0 Å². The van der Waals surface area contributed by atoms with E-state index < -0.39 is 12.6 Å². The first-order chi connectivity index (χ1) is 9.72. The topological polar surface area (TPSA) is 32.5 Å². The second-order valence-corrected chi connectivity index (χ2v) is 6.47. The summed E-state index contributed by atoms with van der Waals surface area (Å²) in [7, 11) is 1.99. The fourth-order valence-corrected chi connectivity index (χ4v) is 3.17. The molecule has 3 nitrogen and oxygen atoms in total. The monoisotopic (exact) mass is 309 g/mol. The summed E-state index contributed by atoms with van der Waals surface area (Å²) in [6, 6.07) is 0.508. The van der Waals surface area contributed by atoms with Crippen molar-refractivity contribution in [3.63, 3.8) is 0 Å². The van der Waals surface area contributed by atoms with Gasteiger partial charge in [-0.05, 0) is 52.7 Å². The van der Waals surface area contributed by atoms with E-state index >= 15 is 0 Å². The molecular weight excluding hydrogens is 279 g/mol. The lowest BCUT2D eigenvalue weighted by atomic mass is 9.92. The number of nitrogens with zero attached hydrogens (tertiary/aromatic N) is 2. The molecule has 0 saturated carbocycles. The Hall–Kier alpha value is -0.330. The van der Waals surface area contributed by atoms with E-state index in [1.54, 1.807) is 0 Å². The van der Waals surface area contributed by atoms with Crippen LogP contribution in [0.25, 0.3) is 0 Å². The van der Waals surface area contributed by atoms with Gasteiger partial charge in [-0.3, -0.25) is 9.80 Å². The van der Waals surface area contributed by atoms with Gasteiger partial charge in [-0.1, -0.05) is 6.92 Å². The lowest BCUT2D eigenvalue weighted by Crippen LogP contribution is -2.53. The molecule has 126 valence electrons. The summed E-state index contributed by atoms with van der Waals surface area (Å²) in [4.78, 5) is 4.62. The highest BCUT2D eigenvalue weighted by molar-refractivity contribution is 4.90. The van der Waals surface area contributed by atoms with Gasteiger partial charge in [0.2, 0.25) is 0 Å². The fourth-order valence-electron chi connectivity index (χ4n) is 3.17. The zero-order valence-corrected chi connectivity index (χ0v) is 13.5. The average Bonchev–Trinajstić information content (AvgIpc) is 2.84. The zero-order chi connectivity index (χ0) is 16.1. The third-order valence-corrected chi connectivity index (χ3v) is 4.93. The maximum atomic E-state index is 12.3. The molecule has 2 N–H and O–H groups in total. The molecule has 0 radical (unpaired) electrons. The van der Waals surface area contributed by atoms with Crippen LogP contribution in [-0.2, 0) is 0 Å². The van der Waals surface area contributed by atoms with Crippen LogP contribution < -0.4 is 5.73 Å². The maximum Gasteiger partial charge on any atom is 0.389 e. The Kier molecular flexibility index (Phi) is 6.94. The summed E-state index contributed by atoms with van der Waals surface area (Å²) < 4.78 is 36.9. The predicted octanol–water partition coefficient (Wildman–Crippen LogP) is 2.85. The lowest BCUT2D eigenvalue weighted by Gasteiger charge is -2.41. The zero-order valence-electron chi connectivity index (χ0n) is 13.5. The number of likely N-dealkylation sites (tertiary alicyclic amines) is 1. The van der Waals surface area contributed by atoms with Crippen LogP contribution in [-0.4, -0.2) is 60.8 Å². The standard InChI is InChI=1S/C15H30F3N3/c1-4-21-10-5-7-13(21)11-20(3)14(2,12-19)8-6-9-15(16,17)18/h13H,4-12,19H2,1-3H3. The van der Waals surface area contributed by atoms with Gasteiger partial charge in [0.05, 0.1) is 0 Å². The first-order valence-electron chi connectivity index (χ1n) is 7.94. The van der Waals surface area contributed by atoms with Crippen LogP contribution in [0.2, 0.25) is 0 Å². The molecule has 6 heteroatoms. The summed E-state index contributed by atoms with van der Waals surface area (Å²) >= 11 is 0. The first kappa shape index (κ1) is 18.7. The molecule has 1 heterocycles. The van der Waals surface area contributed by atoms with Crippen molar-refractivity contribution in [1.82, 2.24) is 9.80 Å². The molecule has 1 rings (SSSR count). The lowest BCUT2D eigenvalue weighted by molar-refractivity contribution is -0.136. The van der Waals surface area contributed by atoms with Gasteiger partial charge in [-0.15, -0.1) is 0 Å². The summed E-state index contributed by atoms with van der Waals surface area (Å²) in [6.45, 7) is 7.57. The molecule has 0 aromatic carbocycles. The molecule has 2 atom stereocenters. The summed E-state index contributed by atoms with van der Waals surface area (Å²) in [6.07, 6.45) is -1.79. The highest BCUT2D eigenvalue weighted by Crippen LogP contribution is 2.28. The normalized spacial score (nSPS) is 23.7. The summed E-state index contributed by atoms with van der Waals surface area (Å²) in [5.41, 5.74) is 5.51. The van der Waals surface area contributed by atoms with Crippen LogP contribution in [0.15, 0.2) is 0 Å². The molecule has 0 bridgehead atoms. The molecule has 0 aliphatic carbocycles. The van der Waals surface area contributed by atoms with Gasteiger partial charge in [-0.2, -0.15) is 13.2 Å². The number of hydrogen-bond acceptors (Lipinski definition) is 3. The maximum absolute atomic E-state index is 12.3. The Morgan fingerprint density at radius 2 is 1.95 bits per heavy atom. The Labute approximate surface area is 126 Å². The van der Waals surface area contributed by atoms with Gasteiger partial charge in [0, 0.05) is 31.1 Å². The predicted molar refractivity (Wildman–Crippen MR) is 80.3 cm³/mol. The highest BCUT2D eigenvalue weighted by Gasteiger charge is 2.34. The van der Waals surface area contributed by atoms with Crippen LogP contribution in [0.1, 0.15) is 46.0 Å². The molecule has 0 aromatic heterocycles. The number of alkyl halides is 3. The van der Waals surface area contributed by atoms with Gasteiger partial charge < -0.3 is 5.73 Å². The number of likely N-dealkylation sites (N-methyl/N-ethyl adjacent to an activating group) is 2. The third kappa shape index (κ3) is 5.75. The van der Waals surface area contributed by atoms with Gasteiger partial charge in [0.1, 0.15) is 0 Å². The van der Waals surface area contributed by atoms with Crippen molar-refractivity contribution in [2.75, 3.05) is 33.2 Å². The second-order valence-electron chi connectivity index (χ2n) is 6.47. The highest BCUT2D eigenvalue weighted by atomic mass is 19.4. The first-order valence-corrected chi connectivity index (χ1v) is 7.94. The van der Waals surface area contributed by atoms with E-state index in [0.29, 0.717) is 19.0 Å². The molecule has 0 spiro atoms. The van der Waals surface area contributed by atoms with Crippen molar-refractivity contribution in [3.8, 4) is 0 Å². The second kappa shape index (κ2) is 7.79. The van der Waals surface area contributed by atoms with Gasteiger partial charge in [0.25, 0.3) is 0 Å². The van der Waals surface area contributed by atoms with Crippen LogP contribution in [0, 0.1) is 0 Å². The molecule has 2 unspecified atom stereocenters. The molecule has 1 saturated heterocycles. The van der Waals surface area contributed by atoms with E-state index in [-0.39, 0.29) is 12.0 Å². The van der Waals surface area contributed by atoms with Crippen molar-refractivity contribution in [2.45, 2.75) is 63.7 Å². The van der Waals surface area contributed by atoms with E-state index in [9.17, 15) is 13.2 Å². The van der Waals surface area contributed by atoms with Crippen molar-refractivity contribution in [2.24, 2.45) is 5.73 Å². The molecule has 1 fully saturated rings. The Balaban J connectivity index is 2.52. The smallest absolute Gasteiger partial charge is 0.329 e. The molecule has 1 aliphatic rings. The van der Waals surface area contributed by atoms with Gasteiger partial charge in [-0.25, -0.2) is 0 Å². The minimum Gasteiger partial charge on any atom is -0.329 e. The van der Waals surface area contributed by atoms with Crippen LogP contribution in [0.4, 0.5) is 13.2 Å². The Bertz CT molecular complexity index is 309.